The monoisotopic (exact) mass is 304 g/mol. The lowest BCUT2D eigenvalue weighted by Crippen LogP contribution is -2.23. The lowest BCUT2D eigenvalue weighted by Gasteiger charge is -2.27. The van der Waals surface area contributed by atoms with E-state index in [9.17, 15) is 4.39 Å². The van der Waals surface area contributed by atoms with Crippen molar-refractivity contribution in [1.29, 1.82) is 0 Å². The Morgan fingerprint density at radius 3 is 3.09 bits per heavy atom. The predicted octanol–water partition coefficient (Wildman–Crippen LogP) is 2.62. The zero-order valence-corrected chi connectivity index (χ0v) is 12.5. The van der Waals surface area contributed by atoms with E-state index in [2.05, 4.69) is 15.1 Å². The van der Waals surface area contributed by atoms with Crippen LogP contribution in [0.4, 0.5) is 10.2 Å². The highest BCUT2D eigenvalue weighted by Crippen LogP contribution is 2.39. The van der Waals surface area contributed by atoms with Crippen LogP contribution in [0.15, 0.2) is 30.5 Å². The lowest BCUT2D eigenvalue weighted by atomic mass is 10.0. The molecule has 1 atom stereocenters. The molecule has 1 aliphatic rings. The van der Waals surface area contributed by atoms with Gasteiger partial charge in [-0.15, -0.1) is 0 Å². The maximum atomic E-state index is 13.7. The molecule has 1 aromatic carbocycles. The standard InChI is InChI=1S/C16H21FN4O/c17-12-4-5-15(22-10-2-7-18)13(11-12)14-3-1-9-21(14)16-6-8-19-20-16/h4-6,8,11,14H,1-3,7,9-10,18H2,(H,19,20). The van der Waals surface area contributed by atoms with Gasteiger partial charge in [0.2, 0.25) is 0 Å². The van der Waals surface area contributed by atoms with Crippen molar-refractivity contribution in [1.82, 2.24) is 10.2 Å². The molecule has 2 heterocycles. The van der Waals surface area contributed by atoms with Gasteiger partial charge in [0.15, 0.2) is 0 Å². The minimum absolute atomic E-state index is 0.101. The Kier molecular flexibility index (Phi) is 4.58. The van der Waals surface area contributed by atoms with E-state index in [1.165, 1.54) is 6.07 Å². The van der Waals surface area contributed by atoms with Gasteiger partial charge in [0, 0.05) is 18.2 Å². The highest BCUT2D eigenvalue weighted by atomic mass is 19.1. The molecule has 1 saturated heterocycles. The van der Waals surface area contributed by atoms with Gasteiger partial charge < -0.3 is 15.4 Å². The summed E-state index contributed by atoms with van der Waals surface area (Å²) in [4.78, 5) is 2.22. The Morgan fingerprint density at radius 2 is 2.32 bits per heavy atom. The second kappa shape index (κ2) is 6.79. The van der Waals surface area contributed by atoms with Gasteiger partial charge in [-0.2, -0.15) is 5.10 Å². The molecule has 3 N–H and O–H groups in total. The van der Waals surface area contributed by atoms with Gasteiger partial charge >= 0.3 is 0 Å². The second-order valence-corrected chi connectivity index (χ2v) is 5.47. The molecule has 1 aliphatic heterocycles. The molecular weight excluding hydrogens is 283 g/mol. The largest absolute Gasteiger partial charge is 0.493 e. The molecule has 0 saturated carbocycles. The fourth-order valence-electron chi connectivity index (χ4n) is 2.96. The summed E-state index contributed by atoms with van der Waals surface area (Å²) in [6.07, 6.45) is 4.54. The van der Waals surface area contributed by atoms with Crippen molar-refractivity contribution in [3.8, 4) is 5.75 Å². The van der Waals surface area contributed by atoms with Crippen LogP contribution in [0.1, 0.15) is 30.9 Å². The number of benzene rings is 1. The van der Waals surface area contributed by atoms with Crippen LogP contribution in [0.2, 0.25) is 0 Å². The van der Waals surface area contributed by atoms with E-state index in [1.807, 2.05) is 6.07 Å². The first-order valence-electron chi connectivity index (χ1n) is 7.68. The molecule has 1 aromatic heterocycles. The van der Waals surface area contributed by atoms with Gasteiger partial charge in [-0.05, 0) is 44.0 Å². The molecule has 3 rings (SSSR count). The van der Waals surface area contributed by atoms with E-state index >= 15 is 0 Å². The topological polar surface area (TPSA) is 67.2 Å². The molecule has 6 heteroatoms. The van der Waals surface area contributed by atoms with Crippen molar-refractivity contribution in [3.63, 3.8) is 0 Å². The minimum atomic E-state index is -0.238. The number of nitrogens with two attached hydrogens (primary N) is 1. The fraction of sp³-hybridized carbons (Fsp3) is 0.438. The van der Waals surface area contributed by atoms with Gasteiger partial charge in [-0.25, -0.2) is 4.39 Å². The van der Waals surface area contributed by atoms with Crippen LogP contribution in [0, 0.1) is 5.82 Å². The van der Waals surface area contributed by atoms with Crippen molar-refractivity contribution in [2.45, 2.75) is 25.3 Å². The lowest BCUT2D eigenvalue weighted by molar-refractivity contribution is 0.307. The number of H-pyrrole nitrogens is 1. The summed E-state index contributed by atoms with van der Waals surface area (Å²) in [7, 11) is 0. The van der Waals surface area contributed by atoms with E-state index in [4.69, 9.17) is 10.5 Å². The first-order chi connectivity index (χ1) is 10.8. The fourth-order valence-corrected chi connectivity index (χ4v) is 2.96. The third-order valence-corrected chi connectivity index (χ3v) is 3.99. The van der Waals surface area contributed by atoms with Crippen molar-refractivity contribution in [2.75, 3.05) is 24.6 Å². The number of anilines is 1. The van der Waals surface area contributed by atoms with Crippen LogP contribution < -0.4 is 15.4 Å². The van der Waals surface area contributed by atoms with E-state index in [0.29, 0.717) is 13.2 Å². The molecule has 0 radical (unpaired) electrons. The maximum Gasteiger partial charge on any atom is 0.124 e. The molecule has 0 bridgehead atoms. The maximum absolute atomic E-state index is 13.7. The zero-order valence-electron chi connectivity index (χ0n) is 12.5. The van der Waals surface area contributed by atoms with E-state index in [-0.39, 0.29) is 11.9 Å². The summed E-state index contributed by atoms with van der Waals surface area (Å²) in [5.74, 6) is 1.46. The van der Waals surface area contributed by atoms with Crippen LogP contribution in [0.5, 0.6) is 5.75 Å². The van der Waals surface area contributed by atoms with Crippen LogP contribution >= 0.6 is 0 Å². The molecule has 0 aliphatic carbocycles. The summed E-state index contributed by atoms with van der Waals surface area (Å²) < 4.78 is 19.6. The first-order valence-corrected chi connectivity index (χ1v) is 7.68. The van der Waals surface area contributed by atoms with Crippen LogP contribution in [0.25, 0.3) is 0 Å². The SMILES string of the molecule is NCCCOc1ccc(F)cc1C1CCCN1c1ccn[nH]1. The number of rotatable bonds is 6. The Labute approximate surface area is 129 Å². The number of halogens is 1. The summed E-state index contributed by atoms with van der Waals surface area (Å²) >= 11 is 0. The van der Waals surface area contributed by atoms with Crippen molar-refractivity contribution < 1.29 is 9.13 Å². The Morgan fingerprint density at radius 1 is 1.41 bits per heavy atom. The summed E-state index contributed by atoms with van der Waals surface area (Å²) in [5.41, 5.74) is 6.40. The Balaban J connectivity index is 1.87. The Hall–Kier alpha value is -2.08. The number of nitrogens with one attached hydrogen (secondary N) is 1. The van der Waals surface area contributed by atoms with Crippen molar-refractivity contribution in [2.24, 2.45) is 5.73 Å². The molecular formula is C16H21FN4O. The molecule has 0 amide bonds. The average Bonchev–Trinajstić information content (AvgIpc) is 3.19. The normalized spacial score (nSPS) is 17.9. The highest BCUT2D eigenvalue weighted by molar-refractivity contribution is 5.47. The zero-order chi connectivity index (χ0) is 15.4. The number of ether oxygens (including phenoxy) is 1. The van der Waals surface area contributed by atoms with Crippen molar-refractivity contribution in [3.05, 3.63) is 41.8 Å². The number of nitrogens with zero attached hydrogens (tertiary/aromatic N) is 2. The van der Waals surface area contributed by atoms with E-state index in [0.717, 1.165) is 42.9 Å². The van der Waals surface area contributed by atoms with Gasteiger partial charge in [-0.1, -0.05) is 0 Å². The second-order valence-electron chi connectivity index (χ2n) is 5.47. The smallest absolute Gasteiger partial charge is 0.124 e. The van der Waals surface area contributed by atoms with Crippen molar-refractivity contribution >= 4 is 5.82 Å². The average molecular weight is 304 g/mol. The highest BCUT2D eigenvalue weighted by Gasteiger charge is 2.29. The van der Waals surface area contributed by atoms with Gasteiger partial charge in [0.05, 0.1) is 18.8 Å². The number of hydrogen-bond donors (Lipinski definition) is 2. The molecule has 1 unspecified atom stereocenters. The van der Waals surface area contributed by atoms with Crippen LogP contribution in [0.3, 0.4) is 0 Å². The minimum Gasteiger partial charge on any atom is -0.493 e. The third kappa shape index (κ3) is 3.06. The molecule has 5 nitrogen and oxygen atoms in total. The quantitative estimate of drug-likeness (QED) is 0.805. The summed E-state index contributed by atoms with van der Waals surface area (Å²) in [5, 5.41) is 7.00. The number of hydrogen-bond acceptors (Lipinski definition) is 4. The number of aromatic amines is 1. The molecule has 2 aromatic rings. The molecule has 22 heavy (non-hydrogen) atoms. The van der Waals surface area contributed by atoms with Gasteiger partial charge in [0.25, 0.3) is 0 Å². The summed E-state index contributed by atoms with van der Waals surface area (Å²) in [6, 6.07) is 6.77. The molecule has 0 spiro atoms. The summed E-state index contributed by atoms with van der Waals surface area (Å²) in [6.45, 7) is 2.05. The molecule has 1 fully saturated rings. The van der Waals surface area contributed by atoms with E-state index < -0.39 is 0 Å². The predicted molar refractivity (Wildman–Crippen MR) is 83.5 cm³/mol. The first kappa shape index (κ1) is 14.8. The van der Waals surface area contributed by atoms with Crippen LogP contribution in [-0.4, -0.2) is 29.9 Å². The van der Waals surface area contributed by atoms with Gasteiger partial charge in [0.1, 0.15) is 17.4 Å². The third-order valence-electron chi connectivity index (χ3n) is 3.99. The van der Waals surface area contributed by atoms with E-state index in [1.54, 1.807) is 18.3 Å². The van der Waals surface area contributed by atoms with Gasteiger partial charge in [-0.3, -0.25) is 5.10 Å². The Bertz CT molecular complexity index is 602. The van der Waals surface area contributed by atoms with Crippen LogP contribution in [-0.2, 0) is 0 Å². The molecule has 118 valence electrons. The number of aromatic nitrogens is 2.